The molecular formula is C15H26N4O4. The molecule has 0 saturated heterocycles. The fraction of sp³-hybridized carbons (Fsp3) is 0.733. The first-order valence-corrected chi connectivity index (χ1v) is 7.77. The molecule has 0 radical (unpaired) electrons. The van der Waals surface area contributed by atoms with Crippen molar-refractivity contribution in [2.24, 2.45) is 5.92 Å². The topological polar surface area (TPSA) is 110 Å². The summed E-state index contributed by atoms with van der Waals surface area (Å²) in [5.74, 6) is -0.148. The number of amides is 1. The summed E-state index contributed by atoms with van der Waals surface area (Å²) in [6.07, 6.45) is 0.966. The standard InChI is InChI=1S/C15H26N4O4/c1-6-10(2)15(5,21)9-16-13(20)7-8-18-12(4)14(19(22)23)11(3)17-18/h10,21H,6-9H2,1-5H3,(H,16,20). The molecule has 23 heavy (non-hydrogen) atoms. The summed E-state index contributed by atoms with van der Waals surface area (Å²) in [4.78, 5) is 22.4. The highest BCUT2D eigenvalue weighted by Gasteiger charge is 2.27. The van der Waals surface area contributed by atoms with E-state index < -0.39 is 10.5 Å². The van der Waals surface area contributed by atoms with Gasteiger partial charge in [-0.15, -0.1) is 0 Å². The van der Waals surface area contributed by atoms with E-state index in [9.17, 15) is 20.0 Å². The Hall–Kier alpha value is -1.96. The highest BCUT2D eigenvalue weighted by molar-refractivity contribution is 5.75. The quantitative estimate of drug-likeness (QED) is 0.558. The van der Waals surface area contributed by atoms with Gasteiger partial charge in [0.05, 0.1) is 17.1 Å². The molecule has 0 aliphatic rings. The van der Waals surface area contributed by atoms with Crippen LogP contribution in [0.3, 0.4) is 0 Å². The van der Waals surface area contributed by atoms with E-state index in [4.69, 9.17) is 0 Å². The molecule has 0 aliphatic carbocycles. The van der Waals surface area contributed by atoms with Gasteiger partial charge in [0.2, 0.25) is 5.91 Å². The monoisotopic (exact) mass is 326 g/mol. The minimum Gasteiger partial charge on any atom is -0.388 e. The van der Waals surface area contributed by atoms with E-state index in [1.807, 2.05) is 13.8 Å². The zero-order chi connectivity index (χ0) is 17.8. The fourth-order valence-electron chi connectivity index (χ4n) is 2.36. The largest absolute Gasteiger partial charge is 0.388 e. The van der Waals surface area contributed by atoms with Crippen molar-refractivity contribution in [3.05, 3.63) is 21.5 Å². The third-order valence-electron chi connectivity index (χ3n) is 4.39. The summed E-state index contributed by atoms with van der Waals surface area (Å²) in [7, 11) is 0. The van der Waals surface area contributed by atoms with Crippen LogP contribution in [-0.2, 0) is 11.3 Å². The summed E-state index contributed by atoms with van der Waals surface area (Å²) in [5.41, 5.74) is -0.189. The average Bonchev–Trinajstić information content (AvgIpc) is 2.76. The summed E-state index contributed by atoms with van der Waals surface area (Å²) < 4.78 is 1.47. The molecular weight excluding hydrogens is 300 g/mol. The zero-order valence-electron chi connectivity index (χ0n) is 14.4. The Balaban J connectivity index is 2.58. The van der Waals surface area contributed by atoms with Gasteiger partial charge in [-0.05, 0) is 26.7 Å². The zero-order valence-corrected chi connectivity index (χ0v) is 14.4. The minimum absolute atomic E-state index is 0.00916. The Morgan fingerprint density at radius 2 is 2.13 bits per heavy atom. The lowest BCUT2D eigenvalue weighted by molar-refractivity contribution is -0.386. The predicted molar refractivity (Wildman–Crippen MR) is 86.1 cm³/mol. The number of carbonyl (C=O) groups is 1. The van der Waals surface area contributed by atoms with E-state index in [1.54, 1.807) is 20.8 Å². The SMILES string of the molecule is CCC(C)C(C)(O)CNC(=O)CCn1nc(C)c([N+](=O)[O-])c1C. The number of nitrogens with zero attached hydrogens (tertiary/aromatic N) is 3. The second-order valence-electron chi connectivity index (χ2n) is 6.19. The first-order valence-electron chi connectivity index (χ1n) is 7.77. The van der Waals surface area contributed by atoms with Gasteiger partial charge in [0, 0.05) is 13.0 Å². The van der Waals surface area contributed by atoms with Crippen LogP contribution in [0.25, 0.3) is 0 Å². The van der Waals surface area contributed by atoms with Crippen LogP contribution >= 0.6 is 0 Å². The summed E-state index contributed by atoms with van der Waals surface area (Å²) in [6.45, 7) is 9.24. The molecule has 8 heteroatoms. The summed E-state index contributed by atoms with van der Waals surface area (Å²) in [6, 6.07) is 0. The molecule has 0 aromatic carbocycles. The van der Waals surface area contributed by atoms with Crippen molar-refractivity contribution in [1.82, 2.24) is 15.1 Å². The number of aryl methyl sites for hydroxylation is 2. The lowest BCUT2D eigenvalue weighted by Gasteiger charge is -2.29. The van der Waals surface area contributed by atoms with Gasteiger partial charge in [0.1, 0.15) is 11.4 Å². The number of aliphatic hydroxyl groups is 1. The maximum atomic E-state index is 11.9. The molecule has 8 nitrogen and oxygen atoms in total. The second-order valence-corrected chi connectivity index (χ2v) is 6.19. The van der Waals surface area contributed by atoms with Crippen molar-refractivity contribution >= 4 is 11.6 Å². The van der Waals surface area contributed by atoms with Gasteiger partial charge in [0.15, 0.2) is 0 Å². The smallest absolute Gasteiger partial charge is 0.312 e. The van der Waals surface area contributed by atoms with Crippen molar-refractivity contribution in [2.45, 2.75) is 59.6 Å². The fourth-order valence-corrected chi connectivity index (χ4v) is 2.36. The molecule has 0 fully saturated rings. The van der Waals surface area contributed by atoms with Crippen LogP contribution in [0, 0.1) is 29.9 Å². The maximum absolute atomic E-state index is 11.9. The number of carbonyl (C=O) groups excluding carboxylic acids is 1. The van der Waals surface area contributed by atoms with Gasteiger partial charge in [-0.2, -0.15) is 5.10 Å². The molecule has 1 rings (SSSR count). The van der Waals surface area contributed by atoms with Crippen molar-refractivity contribution < 1.29 is 14.8 Å². The third kappa shape index (κ3) is 4.75. The molecule has 0 aliphatic heterocycles. The Kier molecular flexibility index (Phi) is 6.26. The van der Waals surface area contributed by atoms with Crippen LogP contribution in [0.15, 0.2) is 0 Å². The number of hydrogen-bond acceptors (Lipinski definition) is 5. The molecule has 1 amide bonds. The lowest BCUT2D eigenvalue weighted by atomic mass is 9.88. The molecule has 2 unspecified atom stereocenters. The third-order valence-corrected chi connectivity index (χ3v) is 4.39. The molecule has 2 N–H and O–H groups in total. The van der Waals surface area contributed by atoms with Crippen LogP contribution in [0.4, 0.5) is 5.69 Å². The predicted octanol–water partition coefficient (Wildman–Crippen LogP) is 1.71. The molecule has 1 aromatic rings. The van der Waals surface area contributed by atoms with Crippen LogP contribution in [0.2, 0.25) is 0 Å². The number of nitro groups is 1. The van der Waals surface area contributed by atoms with E-state index >= 15 is 0 Å². The van der Waals surface area contributed by atoms with E-state index in [-0.39, 0.29) is 37.0 Å². The molecule has 0 spiro atoms. The van der Waals surface area contributed by atoms with Crippen molar-refractivity contribution in [1.29, 1.82) is 0 Å². The van der Waals surface area contributed by atoms with Crippen LogP contribution in [-0.4, -0.2) is 37.9 Å². The normalized spacial score (nSPS) is 15.0. The average molecular weight is 326 g/mol. The van der Waals surface area contributed by atoms with Crippen LogP contribution in [0.1, 0.15) is 45.0 Å². The van der Waals surface area contributed by atoms with Gasteiger partial charge in [-0.3, -0.25) is 19.6 Å². The van der Waals surface area contributed by atoms with E-state index in [2.05, 4.69) is 10.4 Å². The molecule has 1 heterocycles. The second kappa shape index (κ2) is 7.54. The van der Waals surface area contributed by atoms with Crippen LogP contribution in [0.5, 0.6) is 0 Å². The number of hydrogen-bond donors (Lipinski definition) is 2. The first-order chi connectivity index (χ1) is 10.6. The van der Waals surface area contributed by atoms with E-state index in [1.165, 1.54) is 4.68 Å². The lowest BCUT2D eigenvalue weighted by Crippen LogP contribution is -2.45. The number of aromatic nitrogens is 2. The molecule has 0 saturated carbocycles. The highest BCUT2D eigenvalue weighted by Crippen LogP contribution is 2.22. The van der Waals surface area contributed by atoms with Crippen molar-refractivity contribution in [2.75, 3.05) is 6.54 Å². The van der Waals surface area contributed by atoms with E-state index in [0.717, 1.165) is 6.42 Å². The van der Waals surface area contributed by atoms with Gasteiger partial charge in [-0.25, -0.2) is 0 Å². The maximum Gasteiger partial charge on any atom is 0.312 e. The van der Waals surface area contributed by atoms with Crippen molar-refractivity contribution in [3.63, 3.8) is 0 Å². The van der Waals surface area contributed by atoms with Gasteiger partial charge >= 0.3 is 5.69 Å². The van der Waals surface area contributed by atoms with Crippen LogP contribution < -0.4 is 5.32 Å². The summed E-state index contributed by atoms with van der Waals surface area (Å²) >= 11 is 0. The number of nitrogens with one attached hydrogen (secondary N) is 1. The Bertz CT molecular complexity index is 580. The molecule has 0 bridgehead atoms. The summed E-state index contributed by atoms with van der Waals surface area (Å²) in [5, 5.41) is 28.0. The van der Waals surface area contributed by atoms with Crippen molar-refractivity contribution in [3.8, 4) is 0 Å². The van der Waals surface area contributed by atoms with E-state index in [0.29, 0.717) is 11.4 Å². The highest BCUT2D eigenvalue weighted by atomic mass is 16.6. The number of rotatable bonds is 8. The molecule has 1 aromatic heterocycles. The minimum atomic E-state index is -0.957. The van der Waals surface area contributed by atoms with Gasteiger partial charge in [0.25, 0.3) is 0 Å². The first kappa shape index (κ1) is 19.1. The Labute approximate surface area is 136 Å². The van der Waals surface area contributed by atoms with Gasteiger partial charge < -0.3 is 10.4 Å². The Morgan fingerprint density at radius 1 is 1.52 bits per heavy atom. The molecule has 130 valence electrons. The van der Waals surface area contributed by atoms with Gasteiger partial charge in [-0.1, -0.05) is 20.3 Å². The Morgan fingerprint density at radius 3 is 2.61 bits per heavy atom. The molecule has 2 atom stereocenters.